The Balaban J connectivity index is 2.18. The standard InChI is InChI=1S/C14H18N4O/c1-18(14-9-5-8-13(16-14)17-15)10-11-6-3-4-7-12(11)19-2/h3-9H,10,15H2,1-2H3,(H,16,17). The number of anilines is 2. The van der Waals surface area contributed by atoms with Crippen molar-refractivity contribution in [3.05, 3.63) is 48.0 Å². The van der Waals surface area contributed by atoms with E-state index >= 15 is 0 Å². The first-order chi connectivity index (χ1) is 9.24. The second-order valence-corrected chi connectivity index (χ2v) is 4.19. The smallest absolute Gasteiger partial charge is 0.142 e. The Hall–Kier alpha value is -2.27. The van der Waals surface area contributed by atoms with Crippen LogP contribution in [0.2, 0.25) is 0 Å². The lowest BCUT2D eigenvalue weighted by molar-refractivity contribution is 0.409. The Morgan fingerprint density at radius 2 is 2.00 bits per heavy atom. The highest BCUT2D eigenvalue weighted by atomic mass is 16.5. The van der Waals surface area contributed by atoms with E-state index < -0.39 is 0 Å². The summed E-state index contributed by atoms with van der Waals surface area (Å²) in [5.41, 5.74) is 3.66. The molecule has 0 aliphatic heterocycles. The fraction of sp³-hybridized carbons (Fsp3) is 0.214. The lowest BCUT2D eigenvalue weighted by Gasteiger charge is -2.20. The van der Waals surface area contributed by atoms with Crippen LogP contribution in [0.15, 0.2) is 42.5 Å². The first-order valence-electron chi connectivity index (χ1n) is 6.01. The van der Waals surface area contributed by atoms with E-state index in [1.54, 1.807) is 7.11 Å². The van der Waals surface area contributed by atoms with Crippen LogP contribution in [0.25, 0.3) is 0 Å². The van der Waals surface area contributed by atoms with Crippen molar-refractivity contribution in [3.8, 4) is 5.75 Å². The lowest BCUT2D eigenvalue weighted by atomic mass is 10.2. The van der Waals surface area contributed by atoms with Crippen LogP contribution in [0.1, 0.15) is 5.56 Å². The van der Waals surface area contributed by atoms with Gasteiger partial charge in [0.1, 0.15) is 17.4 Å². The fourth-order valence-electron chi connectivity index (χ4n) is 1.89. The summed E-state index contributed by atoms with van der Waals surface area (Å²) < 4.78 is 5.35. The van der Waals surface area contributed by atoms with Gasteiger partial charge in [0, 0.05) is 19.2 Å². The van der Waals surface area contributed by atoms with Crippen molar-refractivity contribution in [3.63, 3.8) is 0 Å². The third-order valence-corrected chi connectivity index (χ3v) is 2.87. The number of para-hydroxylation sites is 1. The summed E-state index contributed by atoms with van der Waals surface area (Å²) in [5.74, 6) is 7.73. The van der Waals surface area contributed by atoms with Gasteiger partial charge in [0.2, 0.25) is 0 Å². The molecule has 0 spiro atoms. The summed E-state index contributed by atoms with van der Waals surface area (Å²) in [7, 11) is 3.66. The van der Waals surface area contributed by atoms with Crippen LogP contribution in [-0.2, 0) is 6.54 Å². The molecule has 0 unspecified atom stereocenters. The fourth-order valence-corrected chi connectivity index (χ4v) is 1.89. The van der Waals surface area contributed by atoms with Crippen molar-refractivity contribution < 1.29 is 4.74 Å². The van der Waals surface area contributed by atoms with E-state index in [2.05, 4.69) is 10.4 Å². The predicted molar refractivity (Wildman–Crippen MR) is 77.1 cm³/mol. The minimum absolute atomic E-state index is 0.643. The van der Waals surface area contributed by atoms with Crippen LogP contribution < -0.4 is 20.9 Å². The number of nitrogens with one attached hydrogen (secondary N) is 1. The zero-order chi connectivity index (χ0) is 13.7. The molecule has 0 saturated carbocycles. The normalized spacial score (nSPS) is 10.1. The Morgan fingerprint density at radius 1 is 1.21 bits per heavy atom. The summed E-state index contributed by atoms with van der Waals surface area (Å²) in [4.78, 5) is 6.43. The molecule has 3 N–H and O–H groups in total. The molecular formula is C14H18N4O. The second-order valence-electron chi connectivity index (χ2n) is 4.19. The van der Waals surface area contributed by atoms with Gasteiger partial charge >= 0.3 is 0 Å². The van der Waals surface area contributed by atoms with E-state index in [1.165, 1.54) is 0 Å². The van der Waals surface area contributed by atoms with E-state index in [1.807, 2.05) is 54.4 Å². The van der Waals surface area contributed by atoms with Gasteiger partial charge in [-0.25, -0.2) is 10.8 Å². The van der Waals surface area contributed by atoms with Gasteiger partial charge in [-0.2, -0.15) is 0 Å². The number of ether oxygens (including phenoxy) is 1. The molecule has 0 saturated heterocycles. The lowest BCUT2D eigenvalue weighted by Crippen LogP contribution is -2.19. The Morgan fingerprint density at radius 3 is 2.74 bits per heavy atom. The van der Waals surface area contributed by atoms with E-state index in [0.29, 0.717) is 12.4 Å². The molecule has 2 rings (SSSR count). The number of pyridine rings is 1. The van der Waals surface area contributed by atoms with Crippen molar-refractivity contribution in [2.75, 3.05) is 24.5 Å². The van der Waals surface area contributed by atoms with Crippen LogP contribution >= 0.6 is 0 Å². The number of aromatic nitrogens is 1. The average molecular weight is 258 g/mol. The van der Waals surface area contributed by atoms with Crippen LogP contribution in [0.4, 0.5) is 11.6 Å². The highest BCUT2D eigenvalue weighted by molar-refractivity contribution is 5.47. The van der Waals surface area contributed by atoms with Gasteiger partial charge in [0.15, 0.2) is 0 Å². The zero-order valence-corrected chi connectivity index (χ0v) is 11.1. The molecule has 19 heavy (non-hydrogen) atoms. The van der Waals surface area contributed by atoms with Crippen LogP contribution in [0.3, 0.4) is 0 Å². The Kier molecular flexibility index (Phi) is 4.20. The van der Waals surface area contributed by atoms with E-state index in [-0.39, 0.29) is 0 Å². The molecule has 0 aliphatic carbocycles. The van der Waals surface area contributed by atoms with Gasteiger partial charge in [-0.05, 0) is 18.2 Å². The molecule has 1 aromatic heterocycles. The maximum absolute atomic E-state index is 5.37. The number of nitrogens with two attached hydrogens (primary N) is 1. The first kappa shape index (κ1) is 13.2. The van der Waals surface area contributed by atoms with Gasteiger partial charge in [-0.3, -0.25) is 0 Å². The quantitative estimate of drug-likeness (QED) is 0.634. The minimum Gasteiger partial charge on any atom is -0.496 e. The van der Waals surface area contributed by atoms with E-state index in [0.717, 1.165) is 17.1 Å². The van der Waals surface area contributed by atoms with Crippen molar-refractivity contribution >= 4 is 11.6 Å². The number of nitrogen functional groups attached to an aromatic ring is 1. The third-order valence-electron chi connectivity index (χ3n) is 2.87. The summed E-state index contributed by atoms with van der Waals surface area (Å²) in [6.45, 7) is 0.713. The number of hydrogen-bond donors (Lipinski definition) is 2. The molecule has 1 heterocycles. The predicted octanol–water partition coefficient (Wildman–Crippen LogP) is 2.01. The second kappa shape index (κ2) is 6.06. The van der Waals surface area contributed by atoms with Crippen LogP contribution in [-0.4, -0.2) is 19.1 Å². The maximum Gasteiger partial charge on any atom is 0.142 e. The highest BCUT2D eigenvalue weighted by Crippen LogP contribution is 2.21. The monoisotopic (exact) mass is 258 g/mol. The van der Waals surface area contributed by atoms with E-state index in [9.17, 15) is 0 Å². The largest absolute Gasteiger partial charge is 0.496 e. The summed E-state index contributed by atoms with van der Waals surface area (Å²) >= 11 is 0. The first-order valence-corrected chi connectivity index (χ1v) is 6.01. The highest BCUT2D eigenvalue weighted by Gasteiger charge is 2.07. The minimum atomic E-state index is 0.643. The van der Waals surface area contributed by atoms with Crippen molar-refractivity contribution in [2.24, 2.45) is 5.84 Å². The molecule has 0 fully saturated rings. The molecule has 5 heteroatoms. The molecule has 0 bridgehead atoms. The van der Waals surface area contributed by atoms with Crippen LogP contribution in [0.5, 0.6) is 5.75 Å². The van der Waals surface area contributed by atoms with Crippen molar-refractivity contribution in [2.45, 2.75) is 6.54 Å². The maximum atomic E-state index is 5.37. The van der Waals surface area contributed by atoms with Gasteiger partial charge in [0.05, 0.1) is 7.11 Å². The zero-order valence-electron chi connectivity index (χ0n) is 11.1. The molecule has 0 amide bonds. The SMILES string of the molecule is COc1ccccc1CN(C)c1cccc(NN)n1. The summed E-state index contributed by atoms with van der Waals surface area (Å²) in [6.07, 6.45) is 0. The van der Waals surface area contributed by atoms with Gasteiger partial charge in [0.25, 0.3) is 0 Å². The molecule has 2 aromatic rings. The van der Waals surface area contributed by atoms with Gasteiger partial charge < -0.3 is 15.1 Å². The Labute approximate surface area is 113 Å². The topological polar surface area (TPSA) is 63.4 Å². The number of nitrogens with zero attached hydrogens (tertiary/aromatic N) is 2. The average Bonchev–Trinajstić information content (AvgIpc) is 2.47. The molecule has 0 aliphatic rings. The van der Waals surface area contributed by atoms with E-state index in [4.69, 9.17) is 10.6 Å². The van der Waals surface area contributed by atoms with Crippen molar-refractivity contribution in [1.82, 2.24) is 4.98 Å². The number of rotatable bonds is 5. The molecule has 1 aromatic carbocycles. The van der Waals surface area contributed by atoms with Crippen molar-refractivity contribution in [1.29, 1.82) is 0 Å². The molecule has 0 radical (unpaired) electrons. The Bertz CT molecular complexity index is 544. The molecule has 5 nitrogen and oxygen atoms in total. The summed E-state index contributed by atoms with van der Waals surface area (Å²) in [6, 6.07) is 13.6. The number of hydrogen-bond acceptors (Lipinski definition) is 5. The number of hydrazine groups is 1. The summed E-state index contributed by atoms with van der Waals surface area (Å²) in [5, 5.41) is 0. The third kappa shape index (κ3) is 3.14. The van der Waals surface area contributed by atoms with Gasteiger partial charge in [-0.1, -0.05) is 24.3 Å². The number of methoxy groups -OCH3 is 1. The molecule has 100 valence electrons. The molecular weight excluding hydrogens is 240 g/mol. The van der Waals surface area contributed by atoms with Crippen LogP contribution in [0, 0.1) is 0 Å². The molecule has 0 atom stereocenters. The van der Waals surface area contributed by atoms with Gasteiger partial charge in [-0.15, -0.1) is 0 Å². The number of benzene rings is 1.